The van der Waals surface area contributed by atoms with Crippen LogP contribution in [0.1, 0.15) is 13.3 Å². The third-order valence-electron chi connectivity index (χ3n) is 0.289. The molecule has 0 aromatic rings. The Morgan fingerprint density at radius 1 is 1.80 bits per heavy atom. The zero-order valence-electron chi connectivity index (χ0n) is 3.32. The van der Waals surface area contributed by atoms with Crippen molar-refractivity contribution in [2.75, 3.05) is 0 Å². The summed E-state index contributed by atoms with van der Waals surface area (Å²) in [6, 6.07) is 0. The summed E-state index contributed by atoms with van der Waals surface area (Å²) in [5.41, 5.74) is 0. The second-order valence-corrected chi connectivity index (χ2v) is 0.697. The first-order valence-electron chi connectivity index (χ1n) is 1.52. The van der Waals surface area contributed by atoms with Crippen LogP contribution in [0.2, 0.25) is 0 Å². The molecule has 0 rings (SSSR count). The van der Waals surface area contributed by atoms with Crippen molar-refractivity contribution in [3.63, 3.8) is 0 Å². The average Bonchev–Trinajstić information content (AvgIpc) is 1.37. The van der Waals surface area contributed by atoms with Gasteiger partial charge in [-0.2, -0.15) is 0 Å². The summed E-state index contributed by atoms with van der Waals surface area (Å²) in [7, 11) is 0. The van der Waals surface area contributed by atoms with E-state index in [-0.39, 0.29) is 19.5 Å². The fraction of sp³-hybridized carbons (Fsp3) is 0.500. The van der Waals surface area contributed by atoms with Gasteiger partial charge in [-0.3, -0.25) is 0 Å². The van der Waals surface area contributed by atoms with E-state index in [4.69, 9.17) is 0 Å². The molecule has 0 unspecified atom stereocenters. The summed E-state index contributed by atoms with van der Waals surface area (Å²) in [5.74, 6) is 0. The normalized spacial score (nSPS) is 5.00. The Hall–Kier alpha value is 0.363. The molecule has 1 radical (unpaired) electrons. The summed E-state index contributed by atoms with van der Waals surface area (Å²) in [6.07, 6.45) is 2.96. The molecule has 1 heteroatoms. The van der Waals surface area contributed by atoms with E-state index in [9.17, 15) is 0 Å². The van der Waals surface area contributed by atoms with Crippen molar-refractivity contribution in [1.82, 2.24) is 0 Å². The molecule has 0 aromatic carbocycles. The van der Waals surface area contributed by atoms with E-state index in [0.717, 1.165) is 6.42 Å². The molecule has 0 heterocycles. The standard InChI is InChI=1S/C4H8.Rh/c1-3-4-2;/h3H,1,4H2,2H3;. The maximum Gasteiger partial charge on any atom is 0 e. The molecule has 0 nitrogen and oxygen atoms in total. The van der Waals surface area contributed by atoms with E-state index in [0.29, 0.717) is 0 Å². The molecule has 0 N–H and O–H groups in total. The number of allylic oxidation sites excluding steroid dienone is 1. The van der Waals surface area contributed by atoms with Crippen LogP contribution in [-0.2, 0) is 19.5 Å². The van der Waals surface area contributed by atoms with Crippen LogP contribution in [0.5, 0.6) is 0 Å². The number of hydrogen-bond acceptors (Lipinski definition) is 0. The largest absolute Gasteiger partial charge is 0.103 e. The third kappa shape index (κ3) is 13.1. The van der Waals surface area contributed by atoms with Crippen LogP contribution in [0.25, 0.3) is 0 Å². The van der Waals surface area contributed by atoms with Crippen LogP contribution in [0.4, 0.5) is 0 Å². The zero-order chi connectivity index (χ0) is 3.41. The summed E-state index contributed by atoms with van der Waals surface area (Å²) >= 11 is 0. The van der Waals surface area contributed by atoms with Gasteiger partial charge in [0.05, 0.1) is 0 Å². The second kappa shape index (κ2) is 8.84. The summed E-state index contributed by atoms with van der Waals surface area (Å²) in [5, 5.41) is 0. The summed E-state index contributed by atoms with van der Waals surface area (Å²) in [6.45, 7) is 5.54. The van der Waals surface area contributed by atoms with Crippen molar-refractivity contribution in [1.29, 1.82) is 0 Å². The minimum Gasteiger partial charge on any atom is -0.103 e. The Morgan fingerprint density at radius 3 is 2.00 bits per heavy atom. The van der Waals surface area contributed by atoms with Gasteiger partial charge >= 0.3 is 0 Å². The molecular weight excluding hydrogens is 151 g/mol. The van der Waals surface area contributed by atoms with Gasteiger partial charge in [0.25, 0.3) is 0 Å². The van der Waals surface area contributed by atoms with Crippen molar-refractivity contribution in [2.24, 2.45) is 0 Å². The third-order valence-corrected chi connectivity index (χ3v) is 0.289. The van der Waals surface area contributed by atoms with Crippen LogP contribution in [0.3, 0.4) is 0 Å². The van der Waals surface area contributed by atoms with Gasteiger partial charge in [0.15, 0.2) is 0 Å². The van der Waals surface area contributed by atoms with Gasteiger partial charge in [-0.1, -0.05) is 13.0 Å². The topological polar surface area (TPSA) is 0 Å². The van der Waals surface area contributed by atoms with E-state index in [2.05, 4.69) is 13.5 Å². The van der Waals surface area contributed by atoms with Crippen molar-refractivity contribution >= 4 is 0 Å². The number of hydrogen-bond donors (Lipinski definition) is 0. The van der Waals surface area contributed by atoms with Gasteiger partial charge in [-0.15, -0.1) is 6.58 Å². The van der Waals surface area contributed by atoms with Gasteiger partial charge in [0, 0.05) is 19.5 Å². The number of rotatable bonds is 1. The molecule has 33 valence electrons. The zero-order valence-corrected chi connectivity index (χ0v) is 4.96. The Labute approximate surface area is 46.0 Å². The molecule has 0 spiro atoms. The molecule has 0 fully saturated rings. The van der Waals surface area contributed by atoms with E-state index in [1.807, 2.05) is 6.08 Å². The Bertz CT molecular complexity index is 17.6. The second-order valence-electron chi connectivity index (χ2n) is 0.697. The predicted molar refractivity (Wildman–Crippen MR) is 20.5 cm³/mol. The summed E-state index contributed by atoms with van der Waals surface area (Å²) in [4.78, 5) is 0. The SMILES string of the molecule is C=CCC.[Rh]. The van der Waals surface area contributed by atoms with Gasteiger partial charge in [-0.05, 0) is 6.42 Å². The van der Waals surface area contributed by atoms with Gasteiger partial charge in [0.2, 0.25) is 0 Å². The fourth-order valence-electron chi connectivity index (χ4n) is 0. The first-order chi connectivity index (χ1) is 1.91. The van der Waals surface area contributed by atoms with E-state index in [1.165, 1.54) is 0 Å². The van der Waals surface area contributed by atoms with E-state index < -0.39 is 0 Å². The molecular formula is C4H8Rh. The van der Waals surface area contributed by atoms with Gasteiger partial charge in [0.1, 0.15) is 0 Å². The molecule has 0 aliphatic carbocycles. The Morgan fingerprint density at radius 2 is 2.00 bits per heavy atom. The maximum absolute atomic E-state index is 3.48. The van der Waals surface area contributed by atoms with Crippen molar-refractivity contribution < 1.29 is 19.5 Å². The Kier molecular flexibility index (Phi) is 16.0. The first-order valence-corrected chi connectivity index (χ1v) is 1.52. The molecule has 0 saturated heterocycles. The fourth-order valence-corrected chi connectivity index (χ4v) is 0. The summed E-state index contributed by atoms with van der Waals surface area (Å²) < 4.78 is 0. The van der Waals surface area contributed by atoms with Crippen molar-refractivity contribution in [3.05, 3.63) is 12.7 Å². The first kappa shape index (κ1) is 9.03. The Balaban J connectivity index is 0. The monoisotopic (exact) mass is 159 g/mol. The molecule has 5 heavy (non-hydrogen) atoms. The van der Waals surface area contributed by atoms with Crippen LogP contribution < -0.4 is 0 Å². The minimum absolute atomic E-state index is 0. The van der Waals surface area contributed by atoms with Crippen LogP contribution in [0.15, 0.2) is 12.7 Å². The molecule has 0 aromatic heterocycles. The van der Waals surface area contributed by atoms with Crippen molar-refractivity contribution in [2.45, 2.75) is 13.3 Å². The minimum atomic E-state index is 0. The predicted octanol–water partition coefficient (Wildman–Crippen LogP) is 1.58. The quantitative estimate of drug-likeness (QED) is 0.402. The maximum atomic E-state index is 3.48. The van der Waals surface area contributed by atoms with Gasteiger partial charge < -0.3 is 0 Å². The van der Waals surface area contributed by atoms with Crippen LogP contribution in [-0.4, -0.2) is 0 Å². The smallest absolute Gasteiger partial charge is 0 e. The van der Waals surface area contributed by atoms with Gasteiger partial charge in [-0.25, -0.2) is 0 Å². The van der Waals surface area contributed by atoms with Crippen LogP contribution in [0, 0.1) is 0 Å². The van der Waals surface area contributed by atoms with Crippen molar-refractivity contribution in [3.8, 4) is 0 Å². The molecule has 0 aliphatic rings. The molecule has 0 atom stereocenters. The molecule has 0 saturated carbocycles. The van der Waals surface area contributed by atoms with E-state index >= 15 is 0 Å². The van der Waals surface area contributed by atoms with E-state index in [1.54, 1.807) is 0 Å². The average molecular weight is 159 g/mol. The molecule has 0 bridgehead atoms. The van der Waals surface area contributed by atoms with Crippen LogP contribution >= 0.6 is 0 Å². The molecule has 0 amide bonds. The molecule has 0 aliphatic heterocycles.